The predicted octanol–water partition coefficient (Wildman–Crippen LogP) is 4.27. The van der Waals surface area contributed by atoms with Gasteiger partial charge in [-0.2, -0.15) is 9.97 Å². The first-order valence-electron chi connectivity index (χ1n) is 12.1. The number of ether oxygens (including phenoxy) is 3. The Morgan fingerprint density at radius 2 is 1.84 bits per heavy atom. The molecule has 1 saturated carbocycles. The number of anilines is 1. The second kappa shape index (κ2) is 8.74. The summed E-state index contributed by atoms with van der Waals surface area (Å²) in [6, 6.07) is 9.84. The number of nitrogens with zero attached hydrogens (tertiary/aromatic N) is 4. The Hall–Kier alpha value is -4.73. The van der Waals surface area contributed by atoms with Crippen molar-refractivity contribution in [2.24, 2.45) is 5.92 Å². The molecule has 5 bridgehead atoms. The molecule has 37 heavy (non-hydrogen) atoms. The van der Waals surface area contributed by atoms with Crippen molar-refractivity contribution in [2.45, 2.75) is 19.4 Å². The van der Waals surface area contributed by atoms with E-state index in [0.717, 1.165) is 40.4 Å². The molecule has 0 radical (unpaired) electrons. The first-order valence-corrected chi connectivity index (χ1v) is 12.1. The summed E-state index contributed by atoms with van der Waals surface area (Å²) in [5.74, 6) is 1.79. The molecule has 1 aromatic carbocycles. The fourth-order valence-electron chi connectivity index (χ4n) is 4.40. The zero-order chi connectivity index (χ0) is 24.8. The summed E-state index contributed by atoms with van der Waals surface area (Å²) in [7, 11) is 0. The maximum absolute atomic E-state index is 12.4. The van der Waals surface area contributed by atoms with Crippen molar-refractivity contribution >= 4 is 33.8 Å². The van der Waals surface area contributed by atoms with Crippen LogP contribution in [-0.2, 0) is 11.4 Å². The van der Waals surface area contributed by atoms with Crippen LogP contribution in [0, 0.1) is 5.92 Å². The molecule has 4 aromatic heterocycles. The van der Waals surface area contributed by atoms with E-state index in [0.29, 0.717) is 41.6 Å². The number of aromatic nitrogens is 5. The number of H-pyrrole nitrogens is 1. The van der Waals surface area contributed by atoms with Gasteiger partial charge in [0.05, 0.1) is 23.3 Å². The van der Waals surface area contributed by atoms with Crippen molar-refractivity contribution in [2.75, 3.05) is 18.5 Å². The number of carbonyl (C=O) groups excluding carboxylic acids is 1. The topological polar surface area (TPSA) is 124 Å². The van der Waals surface area contributed by atoms with Crippen LogP contribution in [0.15, 0.2) is 55.1 Å². The van der Waals surface area contributed by atoms with Gasteiger partial charge in [0.25, 0.3) is 0 Å². The lowest BCUT2D eigenvalue weighted by molar-refractivity contribution is -0.117. The van der Waals surface area contributed by atoms with Crippen LogP contribution in [0.4, 0.5) is 5.95 Å². The SMILES string of the molecule is O=C(Nc1nc2c3c(c[nH]c3n1)-c1ccc3ncc(cc3c1)OCCOc1cncc(c1)CO2)C1CC1. The van der Waals surface area contributed by atoms with Gasteiger partial charge in [-0.05, 0) is 42.7 Å². The molecular formula is C27H22N6O4. The zero-order valence-corrected chi connectivity index (χ0v) is 19.7. The van der Waals surface area contributed by atoms with Crippen LogP contribution in [0.2, 0.25) is 0 Å². The van der Waals surface area contributed by atoms with Crippen molar-refractivity contribution in [3.8, 4) is 28.5 Å². The van der Waals surface area contributed by atoms with Crippen molar-refractivity contribution in [3.05, 3.63) is 60.7 Å². The summed E-state index contributed by atoms with van der Waals surface area (Å²) in [6.45, 7) is 0.922. The quantitative estimate of drug-likeness (QED) is 0.373. The lowest BCUT2D eigenvalue weighted by atomic mass is 10.0. The minimum Gasteiger partial charge on any atom is -0.488 e. The molecule has 2 N–H and O–H groups in total. The highest BCUT2D eigenvalue weighted by atomic mass is 16.5. The van der Waals surface area contributed by atoms with E-state index in [4.69, 9.17) is 14.2 Å². The van der Waals surface area contributed by atoms with E-state index >= 15 is 0 Å². The number of carbonyl (C=O) groups is 1. The number of fused-ring (bicyclic) bond motifs is 5. The van der Waals surface area contributed by atoms with E-state index in [2.05, 4.69) is 30.2 Å². The second-order valence-corrected chi connectivity index (χ2v) is 9.13. The molecule has 0 spiro atoms. The standard InChI is InChI=1S/C27H22N6O4/c34-25(16-1-2-16)32-27-31-24-23-21(13-30-24)17-3-4-22-18(8-17)9-20(12-29-22)36-6-5-35-19-7-15(10-28-11-19)14-37-26(23)33-27/h3-4,7-13,16H,1-2,5-6,14H2,(H2,30,31,32,33,34). The molecule has 184 valence electrons. The third-order valence-electron chi connectivity index (χ3n) is 6.41. The first kappa shape index (κ1) is 21.5. The van der Waals surface area contributed by atoms with Crippen LogP contribution >= 0.6 is 0 Å². The van der Waals surface area contributed by atoms with Crippen molar-refractivity contribution in [1.29, 1.82) is 0 Å². The third kappa shape index (κ3) is 4.26. The summed E-state index contributed by atoms with van der Waals surface area (Å²) in [5, 5.41) is 4.48. The number of rotatable bonds is 2. The molecule has 2 aliphatic rings. The monoisotopic (exact) mass is 494 g/mol. The second-order valence-electron chi connectivity index (χ2n) is 9.13. The number of nitrogens with one attached hydrogen (secondary N) is 2. The van der Waals surface area contributed by atoms with E-state index in [-0.39, 0.29) is 24.4 Å². The molecule has 0 unspecified atom stereocenters. The smallest absolute Gasteiger partial charge is 0.234 e. The third-order valence-corrected chi connectivity index (χ3v) is 6.41. The van der Waals surface area contributed by atoms with Gasteiger partial charge in [0.2, 0.25) is 17.7 Å². The Labute approximate surface area is 211 Å². The molecule has 1 fully saturated rings. The fourth-order valence-corrected chi connectivity index (χ4v) is 4.40. The highest BCUT2D eigenvalue weighted by Crippen LogP contribution is 2.37. The van der Waals surface area contributed by atoms with Gasteiger partial charge in [-0.1, -0.05) is 6.07 Å². The number of pyridine rings is 2. The van der Waals surface area contributed by atoms with E-state index in [1.54, 1.807) is 18.6 Å². The van der Waals surface area contributed by atoms with Gasteiger partial charge in [0, 0.05) is 34.8 Å². The number of benzene rings is 1. The Balaban J connectivity index is 1.37. The Bertz CT molecular complexity index is 1660. The molecule has 1 aliphatic carbocycles. The zero-order valence-electron chi connectivity index (χ0n) is 19.7. The Morgan fingerprint density at radius 1 is 0.973 bits per heavy atom. The highest BCUT2D eigenvalue weighted by Gasteiger charge is 2.30. The largest absolute Gasteiger partial charge is 0.488 e. The Kier molecular flexibility index (Phi) is 5.09. The number of hydrogen-bond donors (Lipinski definition) is 2. The summed E-state index contributed by atoms with van der Waals surface area (Å²) in [6.07, 6.45) is 8.72. The summed E-state index contributed by atoms with van der Waals surface area (Å²) in [5.41, 5.74) is 4.04. The number of aromatic amines is 1. The van der Waals surface area contributed by atoms with Crippen molar-refractivity contribution in [1.82, 2.24) is 24.9 Å². The van der Waals surface area contributed by atoms with Crippen molar-refractivity contribution in [3.63, 3.8) is 0 Å². The predicted molar refractivity (Wildman–Crippen MR) is 136 cm³/mol. The van der Waals surface area contributed by atoms with Gasteiger partial charge in [0.15, 0.2) is 0 Å². The van der Waals surface area contributed by atoms with Crippen molar-refractivity contribution < 1.29 is 19.0 Å². The molecule has 5 aromatic rings. The normalized spacial score (nSPS) is 15.1. The van der Waals surface area contributed by atoms with Gasteiger partial charge in [-0.25, -0.2) is 0 Å². The van der Waals surface area contributed by atoms with Gasteiger partial charge in [-0.15, -0.1) is 0 Å². The van der Waals surface area contributed by atoms with Crippen LogP contribution < -0.4 is 19.5 Å². The first-order chi connectivity index (χ1) is 18.2. The van der Waals surface area contributed by atoms with Crippen LogP contribution in [0.1, 0.15) is 18.4 Å². The molecular weight excluding hydrogens is 472 g/mol. The lowest BCUT2D eigenvalue weighted by Crippen LogP contribution is -2.16. The minimum absolute atomic E-state index is 0.0272. The van der Waals surface area contributed by atoms with Gasteiger partial charge in [-0.3, -0.25) is 20.1 Å². The lowest BCUT2D eigenvalue weighted by Gasteiger charge is -2.11. The van der Waals surface area contributed by atoms with Crippen LogP contribution in [0.25, 0.3) is 33.1 Å². The molecule has 0 atom stereocenters. The molecule has 7 rings (SSSR count). The van der Waals surface area contributed by atoms with Crippen LogP contribution in [-0.4, -0.2) is 44.0 Å². The molecule has 1 aliphatic heterocycles. The number of hydrogen-bond acceptors (Lipinski definition) is 8. The van der Waals surface area contributed by atoms with Crippen LogP contribution in [0.5, 0.6) is 17.4 Å². The van der Waals surface area contributed by atoms with Gasteiger partial charge in [0.1, 0.15) is 37.0 Å². The molecule has 10 heteroatoms. The van der Waals surface area contributed by atoms with E-state index < -0.39 is 0 Å². The maximum atomic E-state index is 12.4. The van der Waals surface area contributed by atoms with E-state index in [1.165, 1.54) is 0 Å². The van der Waals surface area contributed by atoms with E-state index in [1.807, 2.05) is 36.5 Å². The summed E-state index contributed by atoms with van der Waals surface area (Å²) >= 11 is 0. The average molecular weight is 495 g/mol. The highest BCUT2D eigenvalue weighted by molar-refractivity contribution is 6.00. The minimum atomic E-state index is -0.0725. The number of amides is 1. The molecule has 1 amide bonds. The Morgan fingerprint density at radius 3 is 2.70 bits per heavy atom. The maximum Gasteiger partial charge on any atom is 0.234 e. The molecule has 0 saturated heterocycles. The summed E-state index contributed by atoms with van der Waals surface area (Å²) in [4.78, 5) is 33.6. The fraction of sp³-hybridized carbons (Fsp3) is 0.222. The van der Waals surface area contributed by atoms with Crippen LogP contribution in [0.3, 0.4) is 0 Å². The molecule has 10 nitrogen and oxygen atoms in total. The summed E-state index contributed by atoms with van der Waals surface area (Å²) < 4.78 is 17.9. The molecule has 5 heterocycles. The average Bonchev–Trinajstić information content (AvgIpc) is 3.69. The van der Waals surface area contributed by atoms with E-state index in [9.17, 15) is 4.79 Å². The van der Waals surface area contributed by atoms with Gasteiger partial charge >= 0.3 is 0 Å². The van der Waals surface area contributed by atoms with Gasteiger partial charge < -0.3 is 19.2 Å².